The average molecular weight is 713 g/mol. The number of aryl methyl sites for hydroxylation is 1. The van der Waals surface area contributed by atoms with E-state index in [9.17, 15) is 13.2 Å². The van der Waals surface area contributed by atoms with Gasteiger partial charge in [-0.25, -0.2) is 23.1 Å². The van der Waals surface area contributed by atoms with Gasteiger partial charge in [0, 0.05) is 61.1 Å². The number of pyridine rings is 1. The van der Waals surface area contributed by atoms with Crippen LogP contribution in [-0.2, 0) is 0 Å². The number of rotatable bonds is 7. The number of nitrogens with two attached hydrogens (primary N) is 1. The van der Waals surface area contributed by atoms with Crippen molar-refractivity contribution in [1.29, 1.82) is 0 Å². The Balaban J connectivity index is 0.000000415. The third kappa shape index (κ3) is 12.8. The molecule has 0 spiro atoms. The van der Waals surface area contributed by atoms with E-state index in [4.69, 9.17) is 10.5 Å². The van der Waals surface area contributed by atoms with Crippen molar-refractivity contribution in [3.05, 3.63) is 77.9 Å². The number of aromatic amines is 1. The molecule has 0 saturated carbocycles. The van der Waals surface area contributed by atoms with Crippen LogP contribution in [0.1, 0.15) is 60.1 Å². The molecule has 6 N–H and O–H groups in total. The molecule has 0 radical (unpaired) electrons. The Morgan fingerprint density at radius 1 is 1.04 bits per heavy atom. The summed E-state index contributed by atoms with van der Waals surface area (Å²) in [4.78, 5) is 19.7. The third-order valence-corrected chi connectivity index (χ3v) is 7.22. The van der Waals surface area contributed by atoms with Gasteiger partial charge in [-0.3, -0.25) is 0 Å². The molecule has 280 valence electrons. The molecule has 0 atom stereocenters. The highest BCUT2D eigenvalue weighted by atomic mass is 19.1. The second-order valence-corrected chi connectivity index (χ2v) is 11.4. The van der Waals surface area contributed by atoms with E-state index in [2.05, 4.69) is 66.7 Å². The maximum absolute atomic E-state index is 14.9. The third-order valence-electron chi connectivity index (χ3n) is 7.22. The summed E-state index contributed by atoms with van der Waals surface area (Å²) in [5.41, 5.74) is 9.61. The number of piperazine rings is 1. The monoisotopic (exact) mass is 712 g/mol. The van der Waals surface area contributed by atoms with E-state index in [1.165, 1.54) is 25.4 Å². The summed E-state index contributed by atoms with van der Waals surface area (Å²) in [6.07, 6.45) is 7.51. The molecule has 11 nitrogen and oxygen atoms in total. The molecule has 2 aliphatic heterocycles. The Morgan fingerprint density at radius 2 is 1.75 bits per heavy atom. The van der Waals surface area contributed by atoms with Crippen LogP contribution in [0.4, 0.5) is 36.2 Å². The first-order valence-corrected chi connectivity index (χ1v) is 17.4. The van der Waals surface area contributed by atoms with Crippen molar-refractivity contribution in [2.24, 2.45) is 0 Å². The van der Waals surface area contributed by atoms with Gasteiger partial charge in [-0.1, -0.05) is 40.7 Å². The maximum Gasteiger partial charge on any atom is 0.248 e. The molecular weight excluding hydrogens is 657 g/mol. The minimum Gasteiger partial charge on any atom is -0.434 e. The van der Waals surface area contributed by atoms with Crippen molar-refractivity contribution in [1.82, 2.24) is 35.5 Å². The van der Waals surface area contributed by atoms with Gasteiger partial charge in [0.2, 0.25) is 5.88 Å². The fourth-order valence-electron chi connectivity index (χ4n) is 4.90. The van der Waals surface area contributed by atoms with Gasteiger partial charge in [0.1, 0.15) is 24.2 Å². The Morgan fingerprint density at radius 3 is 2.27 bits per heavy atom. The summed E-state index contributed by atoms with van der Waals surface area (Å²) in [5.74, 6) is -1.03. The van der Waals surface area contributed by atoms with Crippen LogP contribution < -0.4 is 31.3 Å². The normalized spacial score (nSPS) is 14.1. The van der Waals surface area contributed by atoms with Gasteiger partial charge < -0.3 is 41.2 Å². The van der Waals surface area contributed by atoms with E-state index in [1.54, 1.807) is 13.1 Å². The van der Waals surface area contributed by atoms with Gasteiger partial charge in [0.15, 0.2) is 23.2 Å². The van der Waals surface area contributed by atoms with Gasteiger partial charge in [-0.15, -0.1) is 0 Å². The lowest BCUT2D eigenvalue weighted by atomic mass is 10.2. The van der Waals surface area contributed by atoms with E-state index in [1.807, 2.05) is 52.8 Å². The van der Waals surface area contributed by atoms with Crippen molar-refractivity contribution >= 4 is 33.9 Å². The predicted molar refractivity (Wildman–Crippen MR) is 204 cm³/mol. The first kappa shape index (κ1) is 42.3. The number of fused-ring (bicyclic) bond motifs is 1. The highest BCUT2D eigenvalue weighted by Crippen LogP contribution is 2.35. The van der Waals surface area contributed by atoms with Crippen molar-refractivity contribution in [3.63, 3.8) is 0 Å². The number of nitrogen functional groups attached to an aromatic ring is 1. The van der Waals surface area contributed by atoms with Gasteiger partial charge in [0.05, 0.1) is 17.4 Å². The van der Waals surface area contributed by atoms with E-state index in [0.717, 1.165) is 43.6 Å². The lowest BCUT2D eigenvalue weighted by molar-refractivity contribution is 0.408. The van der Waals surface area contributed by atoms with Gasteiger partial charge in [-0.2, -0.15) is 4.98 Å². The van der Waals surface area contributed by atoms with E-state index in [0.29, 0.717) is 30.0 Å². The molecule has 0 aliphatic carbocycles. The Hall–Kier alpha value is -4.82. The van der Waals surface area contributed by atoms with Crippen LogP contribution in [0.15, 0.2) is 60.6 Å². The fourth-order valence-corrected chi connectivity index (χ4v) is 4.90. The fraction of sp³-hybridized carbons (Fsp3) is 0.432. The molecule has 1 fully saturated rings. The second kappa shape index (κ2) is 22.1. The van der Waals surface area contributed by atoms with Crippen LogP contribution in [0.25, 0.3) is 10.9 Å². The molecule has 51 heavy (non-hydrogen) atoms. The quantitative estimate of drug-likeness (QED) is 0.128. The molecule has 6 rings (SSSR count). The minimum absolute atomic E-state index is 0.0376. The summed E-state index contributed by atoms with van der Waals surface area (Å²) < 4.78 is 46.4. The van der Waals surface area contributed by atoms with Gasteiger partial charge >= 0.3 is 0 Å². The van der Waals surface area contributed by atoms with Gasteiger partial charge in [0.25, 0.3) is 0 Å². The van der Waals surface area contributed by atoms with E-state index < -0.39 is 11.6 Å². The van der Waals surface area contributed by atoms with Crippen molar-refractivity contribution in [2.45, 2.75) is 61.3 Å². The first-order chi connectivity index (χ1) is 24.6. The molecule has 5 heterocycles. The first-order valence-electron chi connectivity index (χ1n) is 17.4. The van der Waals surface area contributed by atoms with Crippen molar-refractivity contribution < 1.29 is 17.9 Å². The minimum atomic E-state index is -0.714. The van der Waals surface area contributed by atoms with Gasteiger partial charge in [-0.05, 0) is 59.1 Å². The zero-order chi connectivity index (χ0) is 37.9. The number of ether oxygens (including phenoxy) is 1. The molecule has 1 aromatic carbocycles. The highest BCUT2D eigenvalue weighted by Gasteiger charge is 2.19. The zero-order valence-corrected chi connectivity index (χ0v) is 31.4. The highest BCUT2D eigenvalue weighted by molar-refractivity contribution is 5.83. The number of allylic oxidation sites excluding steroid dienone is 2. The molecule has 2 aliphatic rings. The molecule has 0 unspecified atom stereocenters. The molecule has 14 heteroatoms. The number of halogens is 3. The summed E-state index contributed by atoms with van der Waals surface area (Å²) in [6, 6.07) is 6.24. The molecule has 4 aromatic rings. The number of nitrogens with one attached hydrogen (secondary N) is 4. The van der Waals surface area contributed by atoms with Crippen LogP contribution in [0.5, 0.6) is 11.6 Å². The Bertz CT molecular complexity index is 1680. The topological polar surface area (TPSA) is 132 Å². The standard InChI is InChI=1S/C22H22F2N8O.C6H8FN.C5H13N.2C2H6/c1-12-8-14-18(24)16(9-15(23)20(14)30-12)33-22-19(25)21(28-11-29-22)31-17-3-2-13(10-27-17)32-6-4-26-5-7-32;1-5-2-3-6(4-7)8-5;1-4-5-6(2)3;2*1-2/h2-3,8-11,26,30H,4-7,25H2,1H3,(H,27,28,29,31);2,4,8H,3H2,1H3;4-5H2,1-3H3;2*1-2H3/b;6-4-;;;. The number of hydrogen-bond acceptors (Lipinski definition) is 10. The number of H-pyrrole nitrogens is 1. The van der Waals surface area contributed by atoms with Crippen molar-refractivity contribution in [2.75, 3.05) is 62.8 Å². The van der Waals surface area contributed by atoms with Crippen LogP contribution in [0.2, 0.25) is 0 Å². The molecule has 0 bridgehead atoms. The Kier molecular flexibility index (Phi) is 18.3. The summed E-state index contributed by atoms with van der Waals surface area (Å²) in [7, 11) is 4.17. The predicted octanol–water partition coefficient (Wildman–Crippen LogP) is 8.17. The number of benzene rings is 1. The zero-order valence-electron chi connectivity index (χ0n) is 31.4. The van der Waals surface area contributed by atoms with Crippen molar-refractivity contribution in [3.8, 4) is 11.6 Å². The number of nitrogens with zero attached hydrogens (tertiary/aromatic N) is 5. The lowest BCUT2D eigenvalue weighted by Gasteiger charge is -2.29. The largest absolute Gasteiger partial charge is 0.434 e. The molecule has 3 aromatic heterocycles. The van der Waals surface area contributed by atoms with E-state index >= 15 is 0 Å². The summed E-state index contributed by atoms with van der Waals surface area (Å²) in [6.45, 7) is 18.7. The summed E-state index contributed by atoms with van der Waals surface area (Å²) >= 11 is 0. The average Bonchev–Trinajstić information content (AvgIpc) is 3.77. The van der Waals surface area contributed by atoms with E-state index in [-0.39, 0.29) is 34.0 Å². The lowest BCUT2D eigenvalue weighted by Crippen LogP contribution is -2.43. The van der Waals surface area contributed by atoms with Crippen LogP contribution in [0.3, 0.4) is 0 Å². The molecule has 0 amide bonds. The maximum atomic E-state index is 14.9. The SMILES string of the molecule is CC.CC.CC1=CC/C(=C/F)N1.CCCN(C)C.Cc1cc2c(F)c(Oc3ncnc(Nc4ccc(N5CCNCC5)cn4)c3N)cc(F)c2[nH]1. The number of hydrogen-bond donors (Lipinski definition) is 5. The van der Waals surface area contributed by atoms with Crippen LogP contribution in [-0.4, -0.2) is 71.7 Å². The van der Waals surface area contributed by atoms with Crippen LogP contribution >= 0.6 is 0 Å². The van der Waals surface area contributed by atoms with Crippen LogP contribution in [0, 0.1) is 18.6 Å². The summed E-state index contributed by atoms with van der Waals surface area (Å²) in [5, 5.41) is 9.27. The molecule has 1 saturated heterocycles. The smallest absolute Gasteiger partial charge is 0.248 e. The Labute approximate surface area is 300 Å². The second-order valence-electron chi connectivity index (χ2n) is 11.4. The number of aromatic nitrogens is 4. The molecular formula is C37H55F3N10O. The number of anilines is 4.